The number of thiazole rings is 1. The quantitative estimate of drug-likeness (QED) is 0.748. The van der Waals surface area contributed by atoms with Gasteiger partial charge in [-0.2, -0.15) is 0 Å². The molecule has 2 rings (SSSR count). The van der Waals surface area contributed by atoms with Crippen molar-refractivity contribution in [2.45, 2.75) is 20.3 Å². The Morgan fingerprint density at radius 1 is 1.26 bits per heavy atom. The monoisotopic (exact) mass is 333 g/mol. The van der Waals surface area contributed by atoms with Crippen molar-refractivity contribution < 1.29 is 9.59 Å². The largest absolute Gasteiger partial charge is 0.340 e. The Hall–Kier alpha value is -2.35. The highest BCUT2D eigenvalue weighted by molar-refractivity contribution is 7.11. The molecule has 0 aliphatic heterocycles. The maximum absolute atomic E-state index is 12.6. The summed E-state index contributed by atoms with van der Waals surface area (Å²) in [5.41, 5.74) is 1.18. The normalized spacial score (nSPS) is 10.4. The molecule has 0 radical (unpaired) electrons. The van der Waals surface area contributed by atoms with Gasteiger partial charge in [-0.25, -0.2) is 15.0 Å². The van der Waals surface area contributed by atoms with E-state index in [1.165, 1.54) is 29.2 Å². The van der Waals surface area contributed by atoms with Crippen LogP contribution in [-0.4, -0.2) is 52.8 Å². The molecule has 0 unspecified atom stereocenters. The highest BCUT2D eigenvalue weighted by atomic mass is 32.1. The van der Waals surface area contributed by atoms with Gasteiger partial charge in [0.2, 0.25) is 6.41 Å². The van der Waals surface area contributed by atoms with Crippen LogP contribution in [0.15, 0.2) is 12.4 Å². The van der Waals surface area contributed by atoms with Gasteiger partial charge in [-0.05, 0) is 13.8 Å². The van der Waals surface area contributed by atoms with Crippen LogP contribution in [-0.2, 0) is 11.2 Å². The third kappa shape index (κ3) is 3.89. The van der Waals surface area contributed by atoms with Crippen LogP contribution in [0.25, 0.3) is 0 Å². The number of hydrogen-bond acceptors (Lipinski definition) is 6. The molecular weight excluding hydrogens is 314 g/mol. The van der Waals surface area contributed by atoms with Crippen LogP contribution in [0.2, 0.25) is 0 Å². The van der Waals surface area contributed by atoms with E-state index in [-0.39, 0.29) is 17.4 Å². The van der Waals surface area contributed by atoms with Gasteiger partial charge in [-0.1, -0.05) is 0 Å². The fourth-order valence-electron chi connectivity index (χ4n) is 2.15. The molecule has 8 heteroatoms. The number of carbonyl (C=O) groups excluding carboxylic acids is 2. The molecule has 2 aromatic rings. The minimum atomic E-state index is -0.263. The Bertz CT molecular complexity index is 716. The van der Waals surface area contributed by atoms with Gasteiger partial charge in [-0.15, -0.1) is 11.3 Å². The Morgan fingerprint density at radius 2 is 1.96 bits per heavy atom. The van der Waals surface area contributed by atoms with E-state index in [1.807, 2.05) is 13.8 Å². The van der Waals surface area contributed by atoms with Gasteiger partial charge >= 0.3 is 0 Å². The van der Waals surface area contributed by atoms with E-state index < -0.39 is 0 Å². The lowest BCUT2D eigenvalue weighted by molar-refractivity contribution is -0.107. The Balaban J connectivity index is 2.11. The second kappa shape index (κ2) is 7.28. The molecule has 7 nitrogen and oxygen atoms in total. The molecule has 0 atom stereocenters. The highest BCUT2D eigenvalue weighted by Crippen LogP contribution is 2.19. The fourth-order valence-corrected chi connectivity index (χ4v) is 3.07. The third-order valence-corrected chi connectivity index (χ3v) is 4.53. The standard InChI is InChI=1S/C15H19N5O2S/c1-10-12(23-11(2)18-10)5-8-19(3)15(22)13-14(20(4)9-21)17-7-6-16-13/h6-7,9H,5,8H2,1-4H3. The van der Waals surface area contributed by atoms with Crippen LogP contribution in [0.5, 0.6) is 0 Å². The van der Waals surface area contributed by atoms with Gasteiger partial charge in [0.25, 0.3) is 5.91 Å². The number of aryl methyl sites for hydroxylation is 2. The van der Waals surface area contributed by atoms with Gasteiger partial charge in [0.05, 0.1) is 10.7 Å². The summed E-state index contributed by atoms with van der Waals surface area (Å²) in [6.07, 6.45) is 4.23. The molecule has 0 N–H and O–H groups in total. The molecule has 0 aromatic carbocycles. The van der Waals surface area contributed by atoms with Gasteiger partial charge in [-0.3, -0.25) is 9.59 Å². The number of amides is 2. The Kier molecular flexibility index (Phi) is 5.38. The number of anilines is 1. The van der Waals surface area contributed by atoms with E-state index >= 15 is 0 Å². The van der Waals surface area contributed by atoms with Crippen molar-refractivity contribution in [1.29, 1.82) is 0 Å². The number of rotatable bonds is 6. The molecule has 122 valence electrons. The Labute approximate surface area is 139 Å². The predicted molar refractivity (Wildman–Crippen MR) is 88.8 cm³/mol. The zero-order valence-electron chi connectivity index (χ0n) is 13.6. The summed E-state index contributed by atoms with van der Waals surface area (Å²) >= 11 is 1.64. The lowest BCUT2D eigenvalue weighted by Gasteiger charge is -2.19. The smallest absolute Gasteiger partial charge is 0.276 e. The van der Waals surface area contributed by atoms with Crippen LogP contribution >= 0.6 is 11.3 Å². The maximum Gasteiger partial charge on any atom is 0.276 e. The summed E-state index contributed by atoms with van der Waals surface area (Å²) < 4.78 is 0. The summed E-state index contributed by atoms with van der Waals surface area (Å²) in [5.74, 6) is -0.00939. The van der Waals surface area contributed by atoms with E-state index in [0.29, 0.717) is 13.0 Å². The van der Waals surface area contributed by atoms with Gasteiger partial charge < -0.3 is 9.80 Å². The molecule has 23 heavy (non-hydrogen) atoms. The van der Waals surface area contributed by atoms with E-state index in [9.17, 15) is 9.59 Å². The number of carbonyl (C=O) groups is 2. The number of nitrogens with zero attached hydrogens (tertiary/aromatic N) is 5. The lowest BCUT2D eigenvalue weighted by Crippen LogP contribution is -2.31. The molecule has 0 fully saturated rings. The van der Waals surface area contributed by atoms with Crippen molar-refractivity contribution in [3.05, 3.63) is 33.7 Å². The first-order valence-corrected chi connectivity index (χ1v) is 7.93. The number of likely N-dealkylation sites (N-methyl/N-ethyl adjacent to an activating group) is 1. The van der Waals surface area contributed by atoms with E-state index in [0.717, 1.165) is 17.1 Å². The first-order chi connectivity index (χ1) is 10.9. The first-order valence-electron chi connectivity index (χ1n) is 7.11. The van der Waals surface area contributed by atoms with Gasteiger partial charge in [0.15, 0.2) is 11.5 Å². The van der Waals surface area contributed by atoms with Crippen LogP contribution < -0.4 is 4.90 Å². The predicted octanol–water partition coefficient (Wildman–Crippen LogP) is 1.46. The topological polar surface area (TPSA) is 79.3 Å². The van der Waals surface area contributed by atoms with Crippen molar-refractivity contribution in [1.82, 2.24) is 19.9 Å². The van der Waals surface area contributed by atoms with E-state index in [4.69, 9.17) is 0 Å². The van der Waals surface area contributed by atoms with Crippen LogP contribution in [0.3, 0.4) is 0 Å². The van der Waals surface area contributed by atoms with E-state index in [1.54, 1.807) is 23.3 Å². The molecule has 0 spiro atoms. The second-order valence-electron chi connectivity index (χ2n) is 5.16. The van der Waals surface area contributed by atoms with Crippen LogP contribution in [0, 0.1) is 13.8 Å². The van der Waals surface area contributed by atoms with E-state index in [2.05, 4.69) is 15.0 Å². The summed E-state index contributed by atoms with van der Waals surface area (Å²) in [6, 6.07) is 0. The maximum atomic E-state index is 12.6. The number of aromatic nitrogens is 3. The number of hydrogen-bond donors (Lipinski definition) is 0. The lowest BCUT2D eigenvalue weighted by atomic mass is 10.2. The van der Waals surface area contributed by atoms with Crippen molar-refractivity contribution in [3.8, 4) is 0 Å². The SMILES string of the molecule is Cc1nc(C)c(CCN(C)C(=O)c2nccnc2N(C)C=O)s1. The van der Waals surface area contributed by atoms with Crippen molar-refractivity contribution in [3.63, 3.8) is 0 Å². The zero-order chi connectivity index (χ0) is 17.0. The molecule has 0 saturated carbocycles. The van der Waals surface area contributed by atoms with Crippen molar-refractivity contribution >= 4 is 29.5 Å². The summed E-state index contributed by atoms with van der Waals surface area (Å²) in [6.45, 7) is 4.49. The molecule has 2 heterocycles. The molecule has 2 amide bonds. The summed E-state index contributed by atoms with van der Waals surface area (Å²) in [7, 11) is 3.25. The first kappa shape index (κ1) is 17.0. The Morgan fingerprint density at radius 3 is 2.57 bits per heavy atom. The van der Waals surface area contributed by atoms with Crippen LogP contribution in [0.4, 0.5) is 5.82 Å². The minimum absolute atomic E-state index is 0.168. The van der Waals surface area contributed by atoms with Gasteiger partial charge in [0, 0.05) is 44.3 Å². The third-order valence-electron chi connectivity index (χ3n) is 3.39. The molecular formula is C15H19N5O2S. The van der Waals surface area contributed by atoms with Gasteiger partial charge in [0.1, 0.15) is 0 Å². The van der Waals surface area contributed by atoms with Crippen LogP contribution in [0.1, 0.15) is 26.1 Å². The summed E-state index contributed by atoms with van der Waals surface area (Å²) in [4.78, 5) is 40.0. The molecule has 0 aliphatic carbocycles. The average molecular weight is 333 g/mol. The second-order valence-corrected chi connectivity index (χ2v) is 6.45. The fraction of sp³-hybridized carbons (Fsp3) is 0.400. The molecule has 0 saturated heterocycles. The van der Waals surface area contributed by atoms with Crippen molar-refractivity contribution in [2.24, 2.45) is 0 Å². The van der Waals surface area contributed by atoms with Crippen molar-refractivity contribution in [2.75, 3.05) is 25.5 Å². The summed E-state index contributed by atoms with van der Waals surface area (Å²) in [5, 5.41) is 1.02. The molecule has 0 aliphatic rings. The zero-order valence-corrected chi connectivity index (χ0v) is 14.4. The minimum Gasteiger partial charge on any atom is -0.340 e. The molecule has 0 bridgehead atoms. The molecule has 2 aromatic heterocycles. The average Bonchev–Trinajstić information content (AvgIpc) is 2.88. The highest BCUT2D eigenvalue weighted by Gasteiger charge is 2.20.